The lowest BCUT2D eigenvalue weighted by Gasteiger charge is -2.24. The number of rotatable bonds is 10. The zero-order chi connectivity index (χ0) is 72.1. The molecule has 0 unspecified atom stereocenters. The Hall–Kier alpha value is -13.2. The van der Waals surface area contributed by atoms with E-state index in [1.807, 2.05) is 115 Å². The van der Waals surface area contributed by atoms with Gasteiger partial charge in [-0.1, -0.05) is 236 Å². The summed E-state index contributed by atoms with van der Waals surface area (Å²) in [5.74, 6) is -1.19. The molecule has 96 heavy (non-hydrogen) atoms. The Morgan fingerprint density at radius 3 is 1.09 bits per heavy atom. The smallest absolute Gasteiger partial charge is 0.212 e. The maximum Gasteiger partial charge on any atom is 0.212 e. The molecule has 8 nitrogen and oxygen atoms in total. The van der Waals surface area contributed by atoms with Gasteiger partial charge in [0.25, 0.3) is 0 Å². The van der Waals surface area contributed by atoms with Crippen molar-refractivity contribution < 1.29 is 22.5 Å². The van der Waals surface area contributed by atoms with Gasteiger partial charge < -0.3 is 18.0 Å². The molecule has 0 fully saturated rings. The van der Waals surface area contributed by atoms with Gasteiger partial charge >= 0.3 is 0 Å². The SMILES string of the molecule is [2H]c1c([2H])c([2H])c(-c2nc(-c3cc([N+]#[C-])c(-n4c5ccc(-c6ccccc6)cc5c5c6oc7ccc(-c8ccccc8)cc7c6ccc54)c(-c4ccccc4)c3-n3c4ccc(-c5ccccc5)cc4c4c5oc6ccc(-c7ccccc7)cc6c5ccc43)nc(-c3c([2H])c([2H])c([2H])c([2H])c3[2H])n2)c([2H])c1[2H]. The van der Waals surface area contributed by atoms with E-state index in [-0.39, 0.29) is 17.1 Å². The van der Waals surface area contributed by atoms with Gasteiger partial charge in [-0.2, -0.15) is 0 Å². The predicted octanol–water partition coefficient (Wildman–Crippen LogP) is 23.8. The largest absolute Gasteiger partial charge is 0.455 e. The van der Waals surface area contributed by atoms with Crippen LogP contribution in [0.1, 0.15) is 13.7 Å². The summed E-state index contributed by atoms with van der Waals surface area (Å²) in [6.07, 6.45) is 0. The summed E-state index contributed by atoms with van der Waals surface area (Å²) in [4.78, 5) is 19.6. The third-order valence-corrected chi connectivity index (χ3v) is 18.4. The van der Waals surface area contributed by atoms with Gasteiger partial charge in [-0.25, -0.2) is 19.8 Å². The quantitative estimate of drug-likeness (QED) is 0.128. The van der Waals surface area contributed by atoms with Gasteiger partial charge in [0.1, 0.15) is 22.3 Å². The number of nitrogens with zero attached hydrogens (tertiary/aromatic N) is 6. The molecule has 0 bridgehead atoms. The summed E-state index contributed by atoms with van der Waals surface area (Å²) >= 11 is 0. The summed E-state index contributed by atoms with van der Waals surface area (Å²) in [5, 5.41) is 6.62. The van der Waals surface area contributed by atoms with Crippen LogP contribution in [0.25, 0.3) is 194 Å². The third kappa shape index (κ3) is 8.72. The van der Waals surface area contributed by atoms with Crippen LogP contribution in [0, 0.1) is 6.57 Å². The fourth-order valence-corrected chi connectivity index (χ4v) is 14.1. The van der Waals surface area contributed by atoms with Crippen LogP contribution in [0.3, 0.4) is 0 Å². The zero-order valence-corrected chi connectivity index (χ0v) is 50.7. The molecule has 0 saturated carbocycles. The van der Waals surface area contributed by atoms with Gasteiger partial charge in [-0.3, -0.25) is 0 Å². The minimum Gasteiger partial charge on any atom is -0.455 e. The first-order valence-electron chi connectivity index (χ1n) is 36.4. The van der Waals surface area contributed by atoms with Crippen molar-refractivity contribution in [3.8, 4) is 101 Å². The normalized spacial score (nSPS) is 13.2. The van der Waals surface area contributed by atoms with Gasteiger partial charge in [-0.05, 0) is 129 Å². The van der Waals surface area contributed by atoms with Gasteiger partial charge in [0.2, 0.25) is 5.69 Å². The number of benzene rings is 14. The monoisotopic (exact) mass is 1230 g/mol. The Balaban J connectivity index is 1.01. The molecule has 8 heteroatoms. The van der Waals surface area contributed by atoms with E-state index in [1.165, 1.54) is 0 Å². The Labute approximate surface area is 565 Å². The van der Waals surface area contributed by atoms with Crippen molar-refractivity contribution in [2.24, 2.45) is 0 Å². The lowest BCUT2D eigenvalue weighted by Crippen LogP contribution is -2.08. The van der Waals surface area contributed by atoms with Crippen molar-refractivity contribution in [2.75, 3.05) is 0 Å². The summed E-state index contributed by atoms with van der Waals surface area (Å²) in [5.41, 5.74) is 14.3. The molecule has 5 aromatic heterocycles. The molecule has 5 heterocycles. The molecule has 0 atom stereocenters. The molecule has 0 spiro atoms. The molecule has 0 amide bonds. The van der Waals surface area contributed by atoms with Gasteiger partial charge in [0.15, 0.2) is 17.5 Å². The van der Waals surface area contributed by atoms with Gasteiger partial charge in [0.05, 0.1) is 64.5 Å². The molecular weight excluding hydrogens is 1170 g/mol. The lowest BCUT2D eigenvalue weighted by atomic mass is 9.94. The Bertz CT molecular complexity index is 6870. The fraction of sp³-hybridized carbons (Fsp3) is 0. The van der Waals surface area contributed by atoms with Crippen molar-refractivity contribution in [2.45, 2.75) is 0 Å². The van der Waals surface area contributed by atoms with Crippen molar-refractivity contribution in [3.63, 3.8) is 0 Å². The average molecular weight is 1240 g/mol. The maximum absolute atomic E-state index is 9.69. The minimum atomic E-state index is -0.693. The minimum absolute atomic E-state index is 0.0795. The van der Waals surface area contributed by atoms with Crippen LogP contribution in [0.4, 0.5) is 5.69 Å². The van der Waals surface area contributed by atoms with E-state index in [9.17, 15) is 12.1 Å². The summed E-state index contributed by atoms with van der Waals surface area (Å²) in [7, 11) is 0. The fourth-order valence-electron chi connectivity index (χ4n) is 14.1. The molecular formula is C88H52N6O2. The first-order valence-corrected chi connectivity index (χ1v) is 31.4. The third-order valence-electron chi connectivity index (χ3n) is 18.4. The summed E-state index contributed by atoms with van der Waals surface area (Å²) < 4.78 is 109. The van der Waals surface area contributed by atoms with Crippen LogP contribution in [0.5, 0.6) is 0 Å². The standard InChI is InChI=1S/C88H52N6O2/c1-89-72-53-71(88-91-86(59-33-19-7-20-34-59)90-87(92-88)60-35-21-8-22-36-60)82(93-73-43-37-61(54-23-9-2-10-24-54)51-69(73)80-75(93)45-41-65-67-49-63(56-27-13-4-14-28-56)39-47-77(67)95-84(65)80)79(58-31-17-6-18-32-58)83(72)94-74-44-38-62(55-25-11-3-12-26-55)52-70(74)81-76(94)46-42-66-68-50-64(57-29-15-5-16-30-57)40-48-78(68)96-85(66)81/h2-53H/i7D,8D,19D,20D,21D,22D,33D,34D,35D,36D. The zero-order valence-electron chi connectivity index (χ0n) is 60.7. The molecule has 19 rings (SSSR count). The second-order valence-electron chi connectivity index (χ2n) is 23.7. The van der Waals surface area contributed by atoms with Crippen molar-refractivity contribution in [1.82, 2.24) is 24.1 Å². The second-order valence-corrected chi connectivity index (χ2v) is 23.7. The van der Waals surface area contributed by atoms with E-state index in [4.69, 9.17) is 32.0 Å². The molecule has 0 aliphatic rings. The van der Waals surface area contributed by atoms with Crippen LogP contribution in [-0.4, -0.2) is 24.1 Å². The first-order chi connectivity index (χ1) is 51.7. The van der Waals surface area contributed by atoms with Crippen LogP contribution < -0.4 is 0 Å². The van der Waals surface area contributed by atoms with E-state index in [1.54, 1.807) is 6.07 Å². The highest BCUT2D eigenvalue weighted by molar-refractivity contribution is 6.27. The van der Waals surface area contributed by atoms with Crippen LogP contribution in [-0.2, 0) is 0 Å². The number of hydrogen-bond acceptors (Lipinski definition) is 5. The van der Waals surface area contributed by atoms with Crippen molar-refractivity contribution >= 4 is 93.2 Å². The molecule has 446 valence electrons. The molecule has 0 aliphatic carbocycles. The molecule has 0 N–H and O–H groups in total. The highest BCUT2D eigenvalue weighted by atomic mass is 16.3. The predicted molar refractivity (Wildman–Crippen MR) is 393 cm³/mol. The van der Waals surface area contributed by atoms with E-state index in [2.05, 4.69) is 147 Å². The van der Waals surface area contributed by atoms with Crippen molar-refractivity contribution in [3.05, 3.63) is 327 Å². The van der Waals surface area contributed by atoms with Crippen LogP contribution >= 0.6 is 0 Å². The molecule has 19 aromatic rings. The topological polar surface area (TPSA) is 79.2 Å². The highest BCUT2D eigenvalue weighted by Crippen LogP contribution is 2.53. The molecule has 0 radical (unpaired) electrons. The van der Waals surface area contributed by atoms with Gasteiger partial charge in [-0.15, -0.1) is 0 Å². The maximum atomic E-state index is 9.69. The molecule has 0 aliphatic heterocycles. The average Bonchev–Trinajstić information content (AvgIpc) is 1.51. The van der Waals surface area contributed by atoms with E-state index in [0.29, 0.717) is 66.9 Å². The first kappa shape index (κ1) is 45.1. The number of furan rings is 2. The lowest BCUT2D eigenvalue weighted by molar-refractivity contribution is 0.672. The Kier molecular flexibility index (Phi) is 10.3. The Morgan fingerprint density at radius 2 is 0.677 bits per heavy atom. The van der Waals surface area contributed by atoms with Crippen LogP contribution in [0.15, 0.2) is 324 Å². The van der Waals surface area contributed by atoms with Crippen LogP contribution in [0.2, 0.25) is 0 Å². The summed E-state index contributed by atoms with van der Waals surface area (Å²) in [6.45, 7) is 9.69. The Morgan fingerprint density at radius 1 is 0.312 bits per heavy atom. The van der Waals surface area contributed by atoms with Crippen molar-refractivity contribution in [1.29, 1.82) is 0 Å². The number of hydrogen-bond donors (Lipinski definition) is 0. The highest BCUT2D eigenvalue weighted by Gasteiger charge is 2.32. The number of aromatic nitrogens is 5. The van der Waals surface area contributed by atoms with E-state index in [0.717, 1.165) is 87.6 Å². The van der Waals surface area contributed by atoms with E-state index >= 15 is 0 Å². The molecule has 0 saturated heterocycles. The molecule has 14 aromatic carbocycles. The van der Waals surface area contributed by atoms with Gasteiger partial charge in [0, 0.05) is 54.6 Å². The number of fused-ring (bicyclic) bond motifs is 14. The van der Waals surface area contributed by atoms with E-state index < -0.39 is 83.2 Å². The summed E-state index contributed by atoms with van der Waals surface area (Å²) in [6, 6.07) is 78.4. The second kappa shape index (κ2) is 22.0.